The zero-order chi connectivity index (χ0) is 13.8. The van der Waals surface area contributed by atoms with E-state index in [0.29, 0.717) is 17.8 Å². The van der Waals surface area contributed by atoms with E-state index in [9.17, 15) is 9.59 Å². The molecule has 6 heteroatoms. The molecule has 0 fully saturated rings. The Morgan fingerprint density at radius 3 is 2.79 bits per heavy atom. The Kier molecular flexibility index (Phi) is 4.01. The lowest BCUT2D eigenvalue weighted by Gasteiger charge is -2.08. The van der Waals surface area contributed by atoms with Gasteiger partial charge in [-0.1, -0.05) is 11.3 Å². The van der Waals surface area contributed by atoms with Crippen LogP contribution in [-0.4, -0.2) is 17.9 Å². The highest BCUT2D eigenvalue weighted by Crippen LogP contribution is 2.14. The van der Waals surface area contributed by atoms with Gasteiger partial charge in [0.25, 0.3) is 5.91 Å². The number of thiazole rings is 1. The third-order valence-electron chi connectivity index (χ3n) is 2.77. The summed E-state index contributed by atoms with van der Waals surface area (Å²) in [6, 6.07) is 5.56. The molecule has 5 nitrogen and oxygen atoms in total. The van der Waals surface area contributed by atoms with Gasteiger partial charge in [0.2, 0.25) is 0 Å². The molecule has 1 amide bonds. The Bertz CT molecular complexity index is 645. The minimum Gasteiger partial charge on any atom is -0.388 e. The molecule has 0 bridgehead atoms. The predicted molar refractivity (Wildman–Crippen MR) is 76.8 cm³/mol. The van der Waals surface area contributed by atoms with Crippen molar-refractivity contribution < 1.29 is 4.79 Å². The van der Waals surface area contributed by atoms with Crippen LogP contribution < -0.4 is 15.5 Å². The second kappa shape index (κ2) is 5.71. The summed E-state index contributed by atoms with van der Waals surface area (Å²) < 4.78 is 0. The van der Waals surface area contributed by atoms with Crippen LogP contribution in [0.4, 0.5) is 5.69 Å². The molecule has 0 radical (unpaired) electrons. The highest BCUT2D eigenvalue weighted by atomic mass is 32.1. The Balaban J connectivity index is 2.05. The SMILES string of the molecule is CNc1ccc(C(=O)NCc2csc(=O)[nH]2)c(C)c1. The van der Waals surface area contributed by atoms with Crippen molar-refractivity contribution in [1.29, 1.82) is 0 Å². The van der Waals surface area contributed by atoms with Crippen LogP contribution in [-0.2, 0) is 6.54 Å². The van der Waals surface area contributed by atoms with Gasteiger partial charge in [0.05, 0.1) is 6.54 Å². The smallest absolute Gasteiger partial charge is 0.304 e. The van der Waals surface area contributed by atoms with Gasteiger partial charge < -0.3 is 15.6 Å². The number of anilines is 1. The lowest BCUT2D eigenvalue weighted by atomic mass is 10.1. The number of rotatable bonds is 4. The van der Waals surface area contributed by atoms with E-state index in [4.69, 9.17) is 0 Å². The molecule has 0 aliphatic heterocycles. The van der Waals surface area contributed by atoms with E-state index in [1.165, 1.54) is 0 Å². The first-order valence-corrected chi connectivity index (χ1v) is 6.71. The van der Waals surface area contributed by atoms with Gasteiger partial charge >= 0.3 is 4.87 Å². The number of carbonyl (C=O) groups is 1. The van der Waals surface area contributed by atoms with Crippen LogP contribution in [0.2, 0.25) is 0 Å². The second-order valence-electron chi connectivity index (χ2n) is 4.14. The van der Waals surface area contributed by atoms with E-state index < -0.39 is 0 Å². The largest absolute Gasteiger partial charge is 0.388 e. The monoisotopic (exact) mass is 277 g/mol. The Hall–Kier alpha value is -2.08. The third kappa shape index (κ3) is 3.23. The summed E-state index contributed by atoms with van der Waals surface area (Å²) in [5, 5.41) is 7.52. The van der Waals surface area contributed by atoms with Gasteiger partial charge in [0.15, 0.2) is 0 Å². The molecule has 0 aliphatic carbocycles. The molecule has 19 heavy (non-hydrogen) atoms. The molecule has 0 atom stereocenters. The van der Waals surface area contributed by atoms with Crippen LogP contribution in [0.5, 0.6) is 0 Å². The van der Waals surface area contributed by atoms with Crippen molar-refractivity contribution in [2.24, 2.45) is 0 Å². The first kappa shape index (κ1) is 13.4. The van der Waals surface area contributed by atoms with Crippen LogP contribution in [0.15, 0.2) is 28.4 Å². The normalized spacial score (nSPS) is 10.2. The molecule has 3 N–H and O–H groups in total. The standard InChI is InChI=1S/C13H15N3O2S/c1-8-5-9(14-2)3-4-11(8)12(17)15-6-10-7-19-13(18)16-10/h3-5,7,14H,6H2,1-2H3,(H,15,17)(H,16,18). The highest BCUT2D eigenvalue weighted by molar-refractivity contribution is 7.07. The van der Waals surface area contributed by atoms with Gasteiger partial charge in [-0.2, -0.15) is 0 Å². The minimum atomic E-state index is -0.146. The van der Waals surface area contributed by atoms with E-state index >= 15 is 0 Å². The number of hydrogen-bond donors (Lipinski definition) is 3. The van der Waals surface area contributed by atoms with Crippen LogP contribution >= 0.6 is 11.3 Å². The van der Waals surface area contributed by atoms with E-state index in [-0.39, 0.29) is 10.8 Å². The number of hydrogen-bond acceptors (Lipinski definition) is 4. The molecule has 0 aliphatic rings. The summed E-state index contributed by atoms with van der Waals surface area (Å²) in [6.45, 7) is 2.22. The lowest BCUT2D eigenvalue weighted by molar-refractivity contribution is 0.0950. The van der Waals surface area contributed by atoms with Crippen LogP contribution in [0.3, 0.4) is 0 Å². The summed E-state index contributed by atoms with van der Waals surface area (Å²) in [4.78, 5) is 25.5. The number of carbonyl (C=O) groups excluding carboxylic acids is 1. The number of aromatic nitrogens is 1. The number of benzene rings is 1. The maximum atomic E-state index is 12.0. The average Bonchev–Trinajstić information content (AvgIpc) is 2.81. The molecule has 0 unspecified atom stereocenters. The summed E-state index contributed by atoms with van der Waals surface area (Å²) in [6.07, 6.45) is 0. The summed E-state index contributed by atoms with van der Waals surface area (Å²) in [7, 11) is 1.83. The lowest BCUT2D eigenvalue weighted by Crippen LogP contribution is -2.24. The van der Waals surface area contributed by atoms with Gasteiger partial charge in [-0.25, -0.2) is 0 Å². The summed E-state index contributed by atoms with van der Waals surface area (Å²) >= 11 is 1.09. The van der Waals surface area contributed by atoms with Gasteiger partial charge in [0.1, 0.15) is 0 Å². The molecule has 1 aromatic carbocycles. The Morgan fingerprint density at radius 1 is 1.42 bits per heavy atom. The highest BCUT2D eigenvalue weighted by Gasteiger charge is 2.09. The topological polar surface area (TPSA) is 74.0 Å². The number of nitrogens with one attached hydrogen (secondary N) is 3. The van der Waals surface area contributed by atoms with E-state index in [0.717, 1.165) is 22.6 Å². The van der Waals surface area contributed by atoms with Crippen molar-refractivity contribution >= 4 is 22.9 Å². The molecule has 0 saturated heterocycles. The molecule has 1 heterocycles. The number of aryl methyl sites for hydroxylation is 1. The molecular formula is C13H15N3O2S. The number of H-pyrrole nitrogens is 1. The van der Waals surface area contributed by atoms with Crippen molar-refractivity contribution in [3.05, 3.63) is 50.1 Å². The van der Waals surface area contributed by atoms with Crippen molar-refractivity contribution in [1.82, 2.24) is 10.3 Å². The molecule has 0 spiro atoms. The minimum absolute atomic E-state index is 0.112. The second-order valence-corrected chi connectivity index (χ2v) is 4.98. The summed E-state index contributed by atoms with van der Waals surface area (Å²) in [5.41, 5.74) is 3.23. The van der Waals surface area contributed by atoms with Gasteiger partial charge in [0, 0.05) is 29.4 Å². The van der Waals surface area contributed by atoms with Crippen molar-refractivity contribution in [3.63, 3.8) is 0 Å². The first-order valence-electron chi connectivity index (χ1n) is 5.83. The van der Waals surface area contributed by atoms with E-state index in [2.05, 4.69) is 15.6 Å². The van der Waals surface area contributed by atoms with Crippen LogP contribution in [0.1, 0.15) is 21.6 Å². The van der Waals surface area contributed by atoms with Gasteiger partial charge in [-0.3, -0.25) is 9.59 Å². The molecule has 1 aromatic heterocycles. The zero-order valence-corrected chi connectivity index (χ0v) is 11.6. The number of aromatic amines is 1. The molecule has 2 aromatic rings. The van der Waals surface area contributed by atoms with Crippen molar-refractivity contribution in [2.75, 3.05) is 12.4 Å². The van der Waals surface area contributed by atoms with Gasteiger partial charge in [-0.15, -0.1) is 0 Å². The molecular weight excluding hydrogens is 262 g/mol. The first-order chi connectivity index (χ1) is 9.10. The zero-order valence-electron chi connectivity index (χ0n) is 10.7. The fraction of sp³-hybridized carbons (Fsp3) is 0.231. The van der Waals surface area contributed by atoms with E-state index in [1.54, 1.807) is 11.4 Å². The predicted octanol–water partition coefficient (Wildman–Crippen LogP) is 1.72. The fourth-order valence-electron chi connectivity index (χ4n) is 1.75. The Morgan fingerprint density at radius 2 is 2.21 bits per heavy atom. The molecule has 100 valence electrons. The third-order valence-corrected chi connectivity index (χ3v) is 3.49. The summed E-state index contributed by atoms with van der Waals surface area (Å²) in [5.74, 6) is -0.146. The van der Waals surface area contributed by atoms with Gasteiger partial charge in [-0.05, 0) is 30.7 Å². The Labute approximate surface area is 114 Å². The average molecular weight is 277 g/mol. The van der Waals surface area contributed by atoms with Crippen LogP contribution in [0, 0.1) is 6.92 Å². The van der Waals surface area contributed by atoms with Crippen molar-refractivity contribution in [3.8, 4) is 0 Å². The molecule has 0 saturated carbocycles. The van der Waals surface area contributed by atoms with E-state index in [1.807, 2.05) is 26.1 Å². The fourth-order valence-corrected chi connectivity index (χ4v) is 2.33. The molecule has 2 rings (SSSR count). The maximum Gasteiger partial charge on any atom is 0.304 e. The maximum absolute atomic E-state index is 12.0. The van der Waals surface area contributed by atoms with Crippen LogP contribution in [0.25, 0.3) is 0 Å². The number of amides is 1. The van der Waals surface area contributed by atoms with Crippen molar-refractivity contribution in [2.45, 2.75) is 13.5 Å². The quantitative estimate of drug-likeness (QED) is 0.796.